The fourth-order valence-corrected chi connectivity index (χ4v) is 5.65. The van der Waals surface area contributed by atoms with Crippen molar-refractivity contribution >= 4 is 19.4 Å². The predicted molar refractivity (Wildman–Crippen MR) is 117 cm³/mol. The van der Waals surface area contributed by atoms with Crippen LogP contribution in [0.1, 0.15) is 20.7 Å². The minimum atomic E-state index is -2.52. The lowest BCUT2D eigenvalue weighted by Gasteiger charge is -2.40. The summed E-state index contributed by atoms with van der Waals surface area (Å²) in [4.78, 5) is 32.2. The van der Waals surface area contributed by atoms with Crippen LogP contribution < -0.4 is 9.57 Å². The minimum Gasteiger partial charge on any atom is -0.478 e. The number of carboxylic acid groups (broad SMARTS) is 2. The molecular formula is C20H27N4O6P. The summed E-state index contributed by atoms with van der Waals surface area (Å²) < 4.78 is 11.6. The second kappa shape index (κ2) is 10.4. The van der Waals surface area contributed by atoms with Gasteiger partial charge in [0.15, 0.2) is 5.75 Å². The highest BCUT2D eigenvalue weighted by atomic mass is 31.2. The molecule has 0 aliphatic rings. The van der Waals surface area contributed by atoms with Crippen LogP contribution >= 0.6 is 7.51 Å². The predicted octanol–water partition coefficient (Wildman–Crippen LogP) is 3.41. The summed E-state index contributed by atoms with van der Waals surface area (Å²) >= 11 is 0. The first kappa shape index (κ1) is 24.4. The summed E-state index contributed by atoms with van der Waals surface area (Å²) in [5, 5.41) is 18.0. The quantitative estimate of drug-likeness (QED) is 0.319. The summed E-state index contributed by atoms with van der Waals surface area (Å²) in [7, 11) is 6.85. The lowest BCUT2D eigenvalue weighted by Crippen LogP contribution is -2.35. The Morgan fingerprint density at radius 3 is 1.61 bits per heavy atom. The van der Waals surface area contributed by atoms with Gasteiger partial charge in [-0.25, -0.2) is 23.6 Å². The Kier molecular flexibility index (Phi) is 8.18. The van der Waals surface area contributed by atoms with Gasteiger partial charge in [-0.3, -0.25) is 0 Å². The molecule has 2 aromatic rings. The topological polar surface area (TPSA) is 115 Å². The van der Waals surface area contributed by atoms with Gasteiger partial charge in [-0.1, -0.05) is 4.91 Å². The molecule has 0 saturated carbocycles. The number of rotatable bonds is 10. The average Bonchev–Trinajstić information content (AvgIpc) is 2.72. The molecule has 2 N–H and O–H groups in total. The Morgan fingerprint density at radius 1 is 0.806 bits per heavy atom. The zero-order chi connectivity index (χ0) is 23.2. The normalized spacial score (nSPS) is 11.6. The van der Waals surface area contributed by atoms with Gasteiger partial charge in [0.25, 0.3) is 0 Å². The van der Waals surface area contributed by atoms with E-state index >= 15 is 0 Å². The van der Waals surface area contributed by atoms with E-state index in [1.807, 2.05) is 49.2 Å². The van der Waals surface area contributed by atoms with Crippen molar-refractivity contribution in [3.63, 3.8) is 0 Å². The lowest BCUT2D eigenvalue weighted by atomic mass is 10.2. The fourth-order valence-electron chi connectivity index (χ4n) is 2.88. The van der Waals surface area contributed by atoms with Gasteiger partial charge in [0.1, 0.15) is 12.5 Å². The number of hydrogen-bond acceptors (Lipinski definition) is 5. The Morgan fingerprint density at radius 2 is 1.23 bits per heavy atom. The summed E-state index contributed by atoms with van der Waals surface area (Å²) in [6.45, 7) is 0.168. The van der Waals surface area contributed by atoms with E-state index in [1.165, 1.54) is 24.3 Å². The molecule has 0 saturated heterocycles. The number of benzene rings is 2. The molecule has 0 aromatic heterocycles. The highest BCUT2D eigenvalue weighted by molar-refractivity contribution is 7.58. The molecule has 168 valence electrons. The van der Waals surface area contributed by atoms with E-state index < -0.39 is 19.4 Å². The van der Waals surface area contributed by atoms with Crippen LogP contribution in [-0.4, -0.2) is 78.1 Å². The summed E-state index contributed by atoms with van der Waals surface area (Å²) in [5.41, 5.74) is 0.342. The first-order chi connectivity index (χ1) is 14.6. The molecular weight excluding hydrogens is 423 g/mol. The van der Waals surface area contributed by atoms with Gasteiger partial charge in [0.05, 0.1) is 11.1 Å². The third-order valence-corrected chi connectivity index (χ3v) is 7.89. The summed E-state index contributed by atoms with van der Waals surface area (Å²) in [5.74, 6) is -1.07. The fraction of sp³-hybridized carbons (Fsp3) is 0.300. The van der Waals surface area contributed by atoms with E-state index in [2.05, 4.69) is 4.91 Å². The van der Waals surface area contributed by atoms with Crippen molar-refractivity contribution in [1.29, 1.82) is 0 Å². The molecule has 0 atom stereocenters. The molecule has 0 unspecified atom stereocenters. The highest BCUT2D eigenvalue weighted by Crippen LogP contribution is 2.55. The highest BCUT2D eigenvalue weighted by Gasteiger charge is 2.33. The van der Waals surface area contributed by atoms with Crippen molar-refractivity contribution in [2.45, 2.75) is 0 Å². The van der Waals surface area contributed by atoms with Gasteiger partial charge in [0, 0.05) is 0 Å². The largest absolute Gasteiger partial charge is 0.478 e. The number of nitrogens with zero attached hydrogens (tertiary/aromatic N) is 4. The molecule has 11 heteroatoms. The smallest absolute Gasteiger partial charge is 0.335 e. The summed E-state index contributed by atoms with van der Waals surface area (Å²) in [6.07, 6.45) is 0. The monoisotopic (exact) mass is 450 g/mol. The summed E-state index contributed by atoms with van der Waals surface area (Å²) in [6, 6.07) is 12.2. The molecule has 0 heterocycles. The number of carboxylic acids is 2. The minimum absolute atomic E-state index is 0.160. The van der Waals surface area contributed by atoms with Crippen LogP contribution in [0.5, 0.6) is 11.5 Å². The zero-order valence-corrected chi connectivity index (χ0v) is 19.0. The first-order valence-electron chi connectivity index (χ1n) is 9.23. The van der Waals surface area contributed by atoms with E-state index in [0.717, 1.165) is 0 Å². The van der Waals surface area contributed by atoms with Crippen LogP contribution in [0, 0.1) is 0 Å². The maximum atomic E-state index is 11.0. The van der Waals surface area contributed by atoms with Crippen LogP contribution in [0.25, 0.3) is 0 Å². The second-order valence-electron chi connectivity index (χ2n) is 6.99. The molecule has 0 bridgehead atoms. The maximum absolute atomic E-state index is 11.0. The molecule has 0 aliphatic carbocycles. The van der Waals surface area contributed by atoms with Gasteiger partial charge in [0.2, 0.25) is 7.51 Å². The van der Waals surface area contributed by atoms with E-state index in [9.17, 15) is 9.59 Å². The molecule has 2 rings (SSSR count). The molecule has 0 aliphatic heterocycles. The van der Waals surface area contributed by atoms with Crippen LogP contribution in [0.2, 0.25) is 0 Å². The number of ether oxygens (including phenoxy) is 1. The number of carbonyl (C=O) groups is 2. The van der Waals surface area contributed by atoms with Crippen LogP contribution in [-0.2, 0) is 0 Å². The molecule has 0 radical (unpaired) electrons. The van der Waals surface area contributed by atoms with E-state index in [0.29, 0.717) is 11.5 Å². The Labute approximate surface area is 181 Å². The molecule has 0 amide bonds. The molecule has 0 fully saturated rings. The Hall–Kier alpha value is -2.91. The van der Waals surface area contributed by atoms with Crippen molar-refractivity contribution < 1.29 is 29.4 Å². The first-order valence-corrected chi connectivity index (χ1v) is 10.8. The SMILES string of the molecule is CN(C)P(=NOc1ccc(C(=O)O)cc1)(N(C)C)N(C)COc1ccc(C(=O)O)cc1. The van der Waals surface area contributed by atoms with E-state index in [-0.39, 0.29) is 17.9 Å². The molecule has 2 aromatic carbocycles. The van der Waals surface area contributed by atoms with E-state index in [4.69, 9.17) is 19.8 Å². The third kappa shape index (κ3) is 5.83. The van der Waals surface area contributed by atoms with Crippen molar-refractivity contribution in [2.75, 3.05) is 42.0 Å². The van der Waals surface area contributed by atoms with Gasteiger partial charge < -0.3 is 19.8 Å². The zero-order valence-electron chi connectivity index (χ0n) is 18.1. The number of hydrogen-bond donors (Lipinski definition) is 2. The number of aromatic carboxylic acids is 2. The van der Waals surface area contributed by atoms with Crippen molar-refractivity contribution in [3.8, 4) is 11.5 Å². The van der Waals surface area contributed by atoms with Crippen LogP contribution in [0.3, 0.4) is 0 Å². The lowest BCUT2D eigenvalue weighted by molar-refractivity contribution is 0.0686. The Balaban J connectivity index is 2.23. The van der Waals surface area contributed by atoms with Crippen molar-refractivity contribution in [2.24, 2.45) is 4.91 Å². The van der Waals surface area contributed by atoms with Gasteiger partial charge in [-0.15, -0.1) is 0 Å². The van der Waals surface area contributed by atoms with Gasteiger partial charge in [-0.2, -0.15) is 0 Å². The van der Waals surface area contributed by atoms with Crippen molar-refractivity contribution in [3.05, 3.63) is 59.7 Å². The van der Waals surface area contributed by atoms with Crippen LogP contribution in [0.4, 0.5) is 0 Å². The molecule has 0 spiro atoms. The average molecular weight is 450 g/mol. The third-order valence-electron chi connectivity index (χ3n) is 4.41. The Bertz CT molecular complexity index is 949. The van der Waals surface area contributed by atoms with E-state index in [1.54, 1.807) is 24.3 Å². The van der Waals surface area contributed by atoms with Gasteiger partial charge in [-0.05, 0) is 83.8 Å². The van der Waals surface area contributed by atoms with Crippen molar-refractivity contribution in [1.82, 2.24) is 14.0 Å². The molecule has 31 heavy (non-hydrogen) atoms. The second-order valence-corrected chi connectivity index (χ2v) is 10.5. The standard InChI is InChI=1S/C20H27N4O6P/c1-22(2)31(23(3)4,21-30-18-12-8-16(9-13-18)20(27)28)24(5)14-29-17-10-6-15(7-11-17)19(25)26/h6-13H,14H2,1-5H3,(H,25,26)(H,27,28). The maximum Gasteiger partial charge on any atom is 0.335 e. The van der Waals surface area contributed by atoms with Crippen LogP contribution in [0.15, 0.2) is 53.4 Å². The molecule has 10 nitrogen and oxygen atoms in total. The van der Waals surface area contributed by atoms with Gasteiger partial charge >= 0.3 is 11.9 Å².